The van der Waals surface area contributed by atoms with E-state index in [0.29, 0.717) is 0 Å². The zero-order valence-corrected chi connectivity index (χ0v) is 14.3. The largest absolute Gasteiger partial charge is 0.416 e. The lowest BCUT2D eigenvalue weighted by molar-refractivity contribution is -0.138. The molecular weight excluding hydrogens is 393 g/mol. The standard InChI is InChI=1S/C16H11BrClF3N2/c1-9-13-6-11(17)3-5-15(13)23(22-9)8-10-2-4-12(18)7-14(10)16(19,20)21/h2-7H,8H2,1H3. The maximum Gasteiger partial charge on any atom is 0.416 e. The highest BCUT2D eigenvalue weighted by Crippen LogP contribution is 2.34. The summed E-state index contributed by atoms with van der Waals surface area (Å²) in [5.74, 6) is 0. The number of aryl methyl sites for hydroxylation is 1. The quantitative estimate of drug-likeness (QED) is 0.526. The third-order valence-electron chi connectivity index (χ3n) is 3.59. The maximum absolute atomic E-state index is 13.2. The van der Waals surface area contributed by atoms with E-state index in [9.17, 15) is 13.2 Å². The SMILES string of the molecule is Cc1nn(Cc2ccc(Cl)cc2C(F)(F)F)c2ccc(Br)cc12. The molecule has 0 aliphatic heterocycles. The van der Waals surface area contributed by atoms with Crippen LogP contribution in [0.15, 0.2) is 40.9 Å². The van der Waals surface area contributed by atoms with Gasteiger partial charge in [-0.1, -0.05) is 33.6 Å². The fraction of sp³-hybridized carbons (Fsp3) is 0.188. The lowest BCUT2D eigenvalue weighted by Crippen LogP contribution is -2.12. The predicted octanol–water partition coefficient (Wildman–Crippen LogP) is 5.83. The minimum absolute atomic E-state index is 0.0258. The first-order valence-electron chi connectivity index (χ1n) is 6.74. The molecule has 0 saturated carbocycles. The van der Waals surface area contributed by atoms with E-state index >= 15 is 0 Å². The van der Waals surface area contributed by atoms with Crippen molar-refractivity contribution in [2.45, 2.75) is 19.6 Å². The Labute approximate surface area is 144 Å². The first-order valence-corrected chi connectivity index (χ1v) is 7.91. The van der Waals surface area contributed by atoms with Gasteiger partial charge in [0.05, 0.1) is 23.3 Å². The summed E-state index contributed by atoms with van der Waals surface area (Å²) < 4.78 is 42.1. The van der Waals surface area contributed by atoms with Crippen molar-refractivity contribution in [1.82, 2.24) is 9.78 Å². The number of alkyl halides is 3. The molecule has 0 aliphatic rings. The molecule has 2 nitrogen and oxygen atoms in total. The average molecular weight is 404 g/mol. The van der Waals surface area contributed by atoms with Crippen molar-refractivity contribution in [3.63, 3.8) is 0 Å². The van der Waals surface area contributed by atoms with E-state index in [1.165, 1.54) is 12.1 Å². The summed E-state index contributed by atoms with van der Waals surface area (Å²) in [6.45, 7) is 1.86. The molecule has 23 heavy (non-hydrogen) atoms. The normalized spacial score (nSPS) is 12.1. The smallest absolute Gasteiger partial charge is 0.260 e. The molecule has 0 bridgehead atoms. The zero-order chi connectivity index (χ0) is 16.8. The molecule has 7 heteroatoms. The number of hydrogen-bond acceptors (Lipinski definition) is 1. The number of nitrogens with zero attached hydrogens (tertiary/aromatic N) is 2. The van der Waals surface area contributed by atoms with Crippen LogP contribution < -0.4 is 0 Å². The number of aromatic nitrogens is 2. The molecule has 0 saturated heterocycles. The van der Waals surface area contributed by atoms with Gasteiger partial charge in [-0.15, -0.1) is 0 Å². The van der Waals surface area contributed by atoms with E-state index in [4.69, 9.17) is 11.6 Å². The highest BCUT2D eigenvalue weighted by molar-refractivity contribution is 9.10. The minimum atomic E-state index is -4.46. The van der Waals surface area contributed by atoms with Gasteiger partial charge in [-0.25, -0.2) is 0 Å². The van der Waals surface area contributed by atoms with E-state index in [2.05, 4.69) is 21.0 Å². The highest BCUT2D eigenvalue weighted by atomic mass is 79.9. The van der Waals surface area contributed by atoms with Crippen LogP contribution in [0.25, 0.3) is 10.9 Å². The summed E-state index contributed by atoms with van der Waals surface area (Å²) in [6.07, 6.45) is -4.46. The van der Waals surface area contributed by atoms with Gasteiger partial charge in [0, 0.05) is 14.9 Å². The van der Waals surface area contributed by atoms with Crippen LogP contribution >= 0.6 is 27.5 Å². The third-order valence-corrected chi connectivity index (χ3v) is 4.32. The van der Waals surface area contributed by atoms with E-state index in [1.54, 1.807) is 4.68 Å². The van der Waals surface area contributed by atoms with Gasteiger partial charge in [0.2, 0.25) is 0 Å². The van der Waals surface area contributed by atoms with Gasteiger partial charge in [0.25, 0.3) is 0 Å². The molecule has 0 fully saturated rings. The summed E-state index contributed by atoms with van der Waals surface area (Å²) in [5, 5.41) is 5.33. The molecule has 0 amide bonds. The lowest BCUT2D eigenvalue weighted by Gasteiger charge is -2.14. The van der Waals surface area contributed by atoms with E-state index in [0.717, 1.165) is 27.1 Å². The van der Waals surface area contributed by atoms with E-state index in [1.807, 2.05) is 25.1 Å². The van der Waals surface area contributed by atoms with Gasteiger partial charge in [0.15, 0.2) is 0 Å². The van der Waals surface area contributed by atoms with Crippen LogP contribution in [0.1, 0.15) is 16.8 Å². The van der Waals surface area contributed by atoms with Crippen molar-refractivity contribution >= 4 is 38.4 Å². The van der Waals surface area contributed by atoms with Crippen LogP contribution in [0.2, 0.25) is 5.02 Å². The van der Waals surface area contributed by atoms with Crippen LogP contribution in [0, 0.1) is 6.92 Å². The van der Waals surface area contributed by atoms with Gasteiger partial charge < -0.3 is 0 Å². The molecule has 0 radical (unpaired) electrons. The topological polar surface area (TPSA) is 17.8 Å². The van der Waals surface area contributed by atoms with Crippen LogP contribution in [0.3, 0.4) is 0 Å². The second-order valence-corrected chi connectivity index (χ2v) is 6.56. The molecule has 3 rings (SSSR count). The number of halogens is 5. The molecular formula is C16H11BrClF3N2. The molecule has 0 N–H and O–H groups in total. The highest BCUT2D eigenvalue weighted by Gasteiger charge is 2.33. The zero-order valence-electron chi connectivity index (χ0n) is 12.0. The van der Waals surface area contributed by atoms with Crippen LogP contribution in [0.5, 0.6) is 0 Å². The summed E-state index contributed by atoms with van der Waals surface area (Å²) in [4.78, 5) is 0. The van der Waals surface area contributed by atoms with Crippen LogP contribution in [-0.2, 0) is 12.7 Å². The Kier molecular flexibility index (Phi) is 4.14. The van der Waals surface area contributed by atoms with Crippen LogP contribution in [0.4, 0.5) is 13.2 Å². The third kappa shape index (κ3) is 3.23. The molecule has 3 aromatic rings. The first-order chi connectivity index (χ1) is 10.8. The molecule has 0 spiro atoms. The second-order valence-electron chi connectivity index (χ2n) is 5.20. The minimum Gasteiger partial charge on any atom is -0.260 e. The van der Waals surface area contributed by atoms with Gasteiger partial charge in [-0.3, -0.25) is 4.68 Å². The molecule has 0 atom stereocenters. The fourth-order valence-electron chi connectivity index (χ4n) is 2.54. The molecule has 1 aromatic heterocycles. The monoisotopic (exact) mass is 402 g/mol. The predicted molar refractivity (Wildman–Crippen MR) is 87.7 cm³/mol. The summed E-state index contributed by atoms with van der Waals surface area (Å²) in [7, 11) is 0. The Hall–Kier alpha value is -1.53. The average Bonchev–Trinajstić information content (AvgIpc) is 2.76. The van der Waals surface area contributed by atoms with E-state index in [-0.39, 0.29) is 17.1 Å². The Balaban J connectivity index is 2.10. The summed E-state index contributed by atoms with van der Waals surface area (Å²) in [5.41, 5.74) is 0.954. The van der Waals surface area contributed by atoms with Crippen molar-refractivity contribution in [2.75, 3.05) is 0 Å². The van der Waals surface area contributed by atoms with Crippen molar-refractivity contribution in [3.8, 4) is 0 Å². The Morgan fingerprint density at radius 2 is 1.91 bits per heavy atom. The number of benzene rings is 2. The molecule has 120 valence electrons. The van der Waals surface area contributed by atoms with Crippen molar-refractivity contribution in [2.24, 2.45) is 0 Å². The van der Waals surface area contributed by atoms with Crippen molar-refractivity contribution < 1.29 is 13.2 Å². The van der Waals surface area contributed by atoms with Crippen molar-refractivity contribution in [3.05, 3.63) is 62.7 Å². The number of rotatable bonds is 2. The number of hydrogen-bond donors (Lipinski definition) is 0. The molecule has 1 heterocycles. The maximum atomic E-state index is 13.2. The van der Waals surface area contributed by atoms with Gasteiger partial charge in [-0.05, 0) is 42.8 Å². The van der Waals surface area contributed by atoms with Gasteiger partial charge in [0.1, 0.15) is 0 Å². The van der Waals surface area contributed by atoms with Crippen molar-refractivity contribution in [1.29, 1.82) is 0 Å². The fourth-order valence-corrected chi connectivity index (χ4v) is 3.08. The number of fused-ring (bicyclic) bond motifs is 1. The Morgan fingerprint density at radius 1 is 1.17 bits per heavy atom. The van der Waals surface area contributed by atoms with E-state index < -0.39 is 11.7 Å². The summed E-state index contributed by atoms with van der Waals surface area (Å²) >= 11 is 9.10. The van der Waals surface area contributed by atoms with Crippen LogP contribution in [-0.4, -0.2) is 9.78 Å². The Morgan fingerprint density at radius 3 is 2.61 bits per heavy atom. The molecule has 0 aliphatic carbocycles. The first kappa shape index (κ1) is 16.3. The lowest BCUT2D eigenvalue weighted by atomic mass is 10.1. The van der Waals surface area contributed by atoms with Gasteiger partial charge in [-0.2, -0.15) is 18.3 Å². The second kappa shape index (κ2) is 5.83. The summed E-state index contributed by atoms with van der Waals surface area (Å²) in [6, 6.07) is 9.38. The molecule has 2 aromatic carbocycles. The Bertz CT molecular complexity index is 887. The molecule has 0 unspecified atom stereocenters. The van der Waals surface area contributed by atoms with Gasteiger partial charge >= 0.3 is 6.18 Å².